The average Bonchev–Trinajstić information content (AvgIpc) is 2.49. The Hall–Kier alpha value is -1.93. The van der Waals surface area contributed by atoms with E-state index >= 15 is 0 Å². The summed E-state index contributed by atoms with van der Waals surface area (Å²) >= 11 is 0. The van der Waals surface area contributed by atoms with Crippen molar-refractivity contribution in [3.8, 4) is 0 Å². The van der Waals surface area contributed by atoms with Crippen molar-refractivity contribution in [2.45, 2.75) is 26.8 Å². The van der Waals surface area contributed by atoms with Crippen molar-refractivity contribution >= 4 is 5.78 Å². The first-order chi connectivity index (χ1) is 9.68. The second kappa shape index (κ2) is 5.22. The highest BCUT2D eigenvalue weighted by molar-refractivity contribution is 6.11. The van der Waals surface area contributed by atoms with Gasteiger partial charge in [0.25, 0.3) is 0 Å². The van der Waals surface area contributed by atoms with E-state index in [0.29, 0.717) is 0 Å². The number of hydrogen-bond donors (Lipinski definition) is 1. The topological polar surface area (TPSA) is 29.1 Å². The molecular formula is C18H19NO. The normalized spacial score (nSPS) is 13.9. The zero-order valence-corrected chi connectivity index (χ0v) is 12.0. The predicted molar refractivity (Wildman–Crippen MR) is 81.2 cm³/mol. The molecule has 1 aliphatic rings. The molecule has 0 saturated heterocycles. The molecule has 0 fully saturated rings. The van der Waals surface area contributed by atoms with Crippen LogP contribution in [0.25, 0.3) is 0 Å². The molecule has 0 spiro atoms. The summed E-state index contributed by atoms with van der Waals surface area (Å²) in [6.07, 6.45) is 0.933. The first kappa shape index (κ1) is 13.1. The first-order valence-corrected chi connectivity index (χ1v) is 7.11. The molecule has 1 aliphatic heterocycles. The van der Waals surface area contributed by atoms with E-state index in [0.717, 1.165) is 36.2 Å². The van der Waals surface area contributed by atoms with Crippen molar-refractivity contribution in [3.05, 3.63) is 69.8 Å². The Morgan fingerprint density at radius 1 is 1.05 bits per heavy atom. The Kier molecular flexibility index (Phi) is 3.41. The molecule has 0 amide bonds. The number of hydrogen-bond acceptors (Lipinski definition) is 2. The fourth-order valence-corrected chi connectivity index (χ4v) is 2.89. The van der Waals surface area contributed by atoms with Crippen LogP contribution in [0, 0.1) is 13.8 Å². The second-order valence-corrected chi connectivity index (χ2v) is 5.45. The summed E-state index contributed by atoms with van der Waals surface area (Å²) in [6, 6.07) is 12.0. The summed E-state index contributed by atoms with van der Waals surface area (Å²) < 4.78 is 0. The van der Waals surface area contributed by atoms with Gasteiger partial charge in [-0.25, -0.2) is 0 Å². The van der Waals surface area contributed by atoms with Crippen LogP contribution in [0.4, 0.5) is 0 Å². The Morgan fingerprint density at radius 3 is 2.65 bits per heavy atom. The Morgan fingerprint density at radius 2 is 1.80 bits per heavy atom. The highest BCUT2D eigenvalue weighted by atomic mass is 16.1. The molecule has 102 valence electrons. The molecule has 0 unspecified atom stereocenters. The van der Waals surface area contributed by atoms with E-state index in [1.165, 1.54) is 16.7 Å². The monoisotopic (exact) mass is 265 g/mol. The predicted octanol–water partition coefficient (Wildman–Crippen LogP) is 3.18. The van der Waals surface area contributed by atoms with E-state index in [1.54, 1.807) is 0 Å². The van der Waals surface area contributed by atoms with Gasteiger partial charge >= 0.3 is 0 Å². The average molecular weight is 265 g/mol. The van der Waals surface area contributed by atoms with Gasteiger partial charge in [0, 0.05) is 17.7 Å². The lowest BCUT2D eigenvalue weighted by Gasteiger charge is -2.20. The molecule has 2 aromatic carbocycles. The van der Waals surface area contributed by atoms with Gasteiger partial charge in [-0.15, -0.1) is 0 Å². The summed E-state index contributed by atoms with van der Waals surface area (Å²) in [4.78, 5) is 12.9. The van der Waals surface area contributed by atoms with Gasteiger partial charge in [-0.3, -0.25) is 4.79 Å². The Bertz CT molecular complexity index is 673. The Labute approximate surface area is 119 Å². The smallest absolute Gasteiger partial charge is 0.193 e. The van der Waals surface area contributed by atoms with E-state index in [4.69, 9.17) is 0 Å². The lowest BCUT2D eigenvalue weighted by molar-refractivity contribution is 0.103. The first-order valence-electron chi connectivity index (χ1n) is 7.11. The van der Waals surface area contributed by atoms with Crippen LogP contribution in [0.15, 0.2) is 36.4 Å². The molecule has 0 radical (unpaired) electrons. The molecule has 1 N–H and O–H groups in total. The number of carbonyl (C=O) groups is 1. The molecule has 1 heterocycles. The zero-order valence-electron chi connectivity index (χ0n) is 12.0. The summed E-state index contributed by atoms with van der Waals surface area (Å²) in [5.41, 5.74) is 6.44. The third-order valence-electron chi connectivity index (χ3n) is 4.23. The summed E-state index contributed by atoms with van der Waals surface area (Å²) in [6.45, 7) is 5.89. The molecule has 3 rings (SSSR count). The second-order valence-electron chi connectivity index (χ2n) is 5.45. The molecule has 2 aromatic rings. The molecule has 0 aliphatic carbocycles. The van der Waals surface area contributed by atoms with Crippen molar-refractivity contribution in [2.24, 2.45) is 0 Å². The lowest BCUT2D eigenvalue weighted by Crippen LogP contribution is -2.25. The standard InChI is InChI=1S/C18H19NO/c1-12-5-3-7-15(13(12)2)18(20)17-8-4-6-14-11-19-10-9-16(14)17/h3-8,19H,9-11H2,1-2H3. The van der Waals surface area contributed by atoms with Gasteiger partial charge in [-0.05, 0) is 49.1 Å². The van der Waals surface area contributed by atoms with Crippen LogP contribution < -0.4 is 5.32 Å². The van der Waals surface area contributed by atoms with Crippen molar-refractivity contribution in [3.63, 3.8) is 0 Å². The number of nitrogens with one attached hydrogen (secondary N) is 1. The van der Waals surface area contributed by atoms with E-state index in [-0.39, 0.29) is 5.78 Å². The van der Waals surface area contributed by atoms with Crippen LogP contribution in [-0.4, -0.2) is 12.3 Å². The highest BCUT2D eigenvalue weighted by Gasteiger charge is 2.19. The molecule has 0 saturated carbocycles. The SMILES string of the molecule is Cc1cccc(C(=O)c2cccc3c2CCNC3)c1C. The van der Waals surface area contributed by atoms with Crippen molar-refractivity contribution in [1.29, 1.82) is 0 Å². The number of carbonyl (C=O) groups excluding carboxylic acids is 1. The van der Waals surface area contributed by atoms with E-state index in [2.05, 4.69) is 24.4 Å². The van der Waals surface area contributed by atoms with Crippen LogP contribution in [0.3, 0.4) is 0 Å². The number of ketones is 1. The zero-order chi connectivity index (χ0) is 14.1. The maximum absolute atomic E-state index is 12.9. The quantitative estimate of drug-likeness (QED) is 0.845. The van der Waals surface area contributed by atoms with Gasteiger partial charge in [-0.2, -0.15) is 0 Å². The lowest BCUT2D eigenvalue weighted by atomic mass is 9.89. The van der Waals surface area contributed by atoms with Crippen LogP contribution >= 0.6 is 0 Å². The van der Waals surface area contributed by atoms with Gasteiger partial charge < -0.3 is 5.32 Å². The van der Waals surface area contributed by atoms with E-state index in [1.807, 2.05) is 31.2 Å². The van der Waals surface area contributed by atoms with Gasteiger partial charge in [0.05, 0.1) is 0 Å². The van der Waals surface area contributed by atoms with E-state index in [9.17, 15) is 4.79 Å². The van der Waals surface area contributed by atoms with Crippen LogP contribution in [-0.2, 0) is 13.0 Å². The van der Waals surface area contributed by atoms with Gasteiger partial charge in [0.1, 0.15) is 0 Å². The Balaban J connectivity index is 2.09. The van der Waals surface area contributed by atoms with Crippen molar-refractivity contribution in [1.82, 2.24) is 5.32 Å². The van der Waals surface area contributed by atoms with Gasteiger partial charge in [0.2, 0.25) is 0 Å². The molecule has 2 nitrogen and oxygen atoms in total. The molecular weight excluding hydrogens is 246 g/mol. The fourth-order valence-electron chi connectivity index (χ4n) is 2.89. The fraction of sp³-hybridized carbons (Fsp3) is 0.278. The molecule has 0 atom stereocenters. The third-order valence-corrected chi connectivity index (χ3v) is 4.23. The number of aryl methyl sites for hydroxylation is 1. The minimum Gasteiger partial charge on any atom is -0.312 e. The van der Waals surface area contributed by atoms with Crippen LogP contribution in [0.2, 0.25) is 0 Å². The maximum atomic E-state index is 12.9. The number of benzene rings is 2. The third kappa shape index (κ3) is 2.16. The minimum atomic E-state index is 0.157. The van der Waals surface area contributed by atoms with E-state index < -0.39 is 0 Å². The molecule has 0 bridgehead atoms. The highest BCUT2D eigenvalue weighted by Crippen LogP contribution is 2.23. The van der Waals surface area contributed by atoms with Crippen LogP contribution in [0.1, 0.15) is 38.2 Å². The van der Waals surface area contributed by atoms with Crippen LogP contribution in [0.5, 0.6) is 0 Å². The summed E-state index contributed by atoms with van der Waals surface area (Å²) in [7, 11) is 0. The minimum absolute atomic E-state index is 0.157. The van der Waals surface area contributed by atoms with Crippen molar-refractivity contribution in [2.75, 3.05) is 6.54 Å². The molecule has 20 heavy (non-hydrogen) atoms. The molecule has 2 heteroatoms. The number of fused-ring (bicyclic) bond motifs is 1. The molecule has 0 aromatic heterocycles. The van der Waals surface area contributed by atoms with Crippen molar-refractivity contribution < 1.29 is 4.79 Å². The summed E-state index contributed by atoms with van der Waals surface area (Å²) in [5, 5.41) is 3.36. The number of rotatable bonds is 2. The maximum Gasteiger partial charge on any atom is 0.193 e. The van der Waals surface area contributed by atoms with Gasteiger partial charge in [-0.1, -0.05) is 36.4 Å². The largest absolute Gasteiger partial charge is 0.312 e. The van der Waals surface area contributed by atoms with Gasteiger partial charge in [0.15, 0.2) is 5.78 Å². The summed E-state index contributed by atoms with van der Waals surface area (Å²) in [5.74, 6) is 0.157.